The molecule has 2 aliphatic carbocycles. The lowest BCUT2D eigenvalue weighted by Gasteiger charge is -2.63. The van der Waals surface area contributed by atoms with E-state index < -0.39 is 11.0 Å². The van der Waals surface area contributed by atoms with E-state index in [0.717, 1.165) is 36.2 Å². The van der Waals surface area contributed by atoms with Crippen LogP contribution in [0.25, 0.3) is 10.9 Å². The molecular weight excluding hydrogens is 376 g/mol. The number of aliphatic hydroxyl groups is 1. The number of H-pyrrole nitrogens is 1. The number of benzene rings is 2. The van der Waals surface area contributed by atoms with Crippen LogP contribution in [0.2, 0.25) is 0 Å². The lowest BCUT2D eigenvalue weighted by molar-refractivity contribution is -0.178. The van der Waals surface area contributed by atoms with Gasteiger partial charge in [0.2, 0.25) is 0 Å². The van der Waals surface area contributed by atoms with Crippen LogP contribution in [0, 0.1) is 0 Å². The first-order valence-corrected chi connectivity index (χ1v) is 11.1. The molecule has 0 radical (unpaired) electrons. The zero-order valence-electron chi connectivity index (χ0n) is 17.3. The van der Waals surface area contributed by atoms with E-state index >= 15 is 0 Å². The van der Waals surface area contributed by atoms with E-state index in [1.807, 2.05) is 12.1 Å². The number of fused-ring (bicyclic) bond motifs is 4. The normalized spacial score (nSPS) is 33.5. The number of hydrogen-bond acceptors (Lipinski definition) is 4. The molecule has 30 heavy (non-hydrogen) atoms. The largest absolute Gasteiger partial charge is 0.504 e. The van der Waals surface area contributed by atoms with E-state index in [1.165, 1.54) is 16.5 Å². The van der Waals surface area contributed by atoms with E-state index in [0.29, 0.717) is 18.2 Å². The molecule has 4 aliphatic rings. The van der Waals surface area contributed by atoms with E-state index in [-0.39, 0.29) is 17.9 Å². The van der Waals surface area contributed by atoms with Crippen LogP contribution in [0.15, 0.2) is 36.4 Å². The van der Waals surface area contributed by atoms with Crippen LogP contribution in [0.4, 0.5) is 0 Å². The molecule has 2 bridgehead atoms. The second-order valence-electron chi connectivity index (χ2n) is 9.88. The van der Waals surface area contributed by atoms with Gasteiger partial charge in [-0.3, -0.25) is 4.90 Å². The van der Waals surface area contributed by atoms with Crippen molar-refractivity contribution < 1.29 is 14.9 Å². The van der Waals surface area contributed by atoms with Gasteiger partial charge >= 0.3 is 0 Å². The molecule has 3 aromatic rings. The standard InChI is InChI=1S/C25H26N2O3/c1-13(2)27-10-9-24-20-14-7-8-18(28)22(20)30-23(24)21-16(12-25(24,29)19(27)11-14)15-5-3-4-6-17(15)26-21/h3-8,13,19,23,26,28-29H,9-12H2,1-2H3/t19?,23?,24-,25+/m0/s1. The zero-order valence-corrected chi connectivity index (χ0v) is 17.3. The predicted molar refractivity (Wildman–Crippen MR) is 114 cm³/mol. The minimum atomic E-state index is -0.940. The molecular formula is C25H26N2O3. The minimum absolute atomic E-state index is 0.0298. The summed E-state index contributed by atoms with van der Waals surface area (Å²) in [4.78, 5) is 6.11. The SMILES string of the molecule is CC(C)N1CC[C@]23c4c5ccc(O)c4OC2c2[nH]c4ccccc4c2C[C@@]3(O)C1C5. The van der Waals surface area contributed by atoms with Crippen molar-refractivity contribution in [3.63, 3.8) is 0 Å². The fraction of sp³-hybridized carbons (Fsp3) is 0.440. The minimum Gasteiger partial charge on any atom is -0.504 e. The third-order valence-electron chi connectivity index (χ3n) is 8.47. The van der Waals surface area contributed by atoms with Gasteiger partial charge in [0.15, 0.2) is 17.6 Å². The molecule has 3 N–H and O–H groups in total. The molecule has 2 aliphatic heterocycles. The second kappa shape index (κ2) is 5.21. The number of nitrogens with zero attached hydrogens (tertiary/aromatic N) is 1. The van der Waals surface area contributed by atoms with E-state index in [4.69, 9.17) is 4.74 Å². The third-order valence-corrected chi connectivity index (χ3v) is 8.47. The van der Waals surface area contributed by atoms with E-state index in [9.17, 15) is 10.2 Å². The fourth-order valence-electron chi connectivity index (χ4n) is 7.29. The molecule has 1 aromatic heterocycles. The van der Waals surface area contributed by atoms with Gasteiger partial charge in [0, 0.05) is 35.0 Å². The summed E-state index contributed by atoms with van der Waals surface area (Å²) in [7, 11) is 0. The highest BCUT2D eigenvalue weighted by atomic mass is 16.5. The molecule has 1 spiro atoms. The van der Waals surface area contributed by atoms with Gasteiger partial charge in [0.05, 0.1) is 16.7 Å². The first kappa shape index (κ1) is 17.2. The topological polar surface area (TPSA) is 68.7 Å². The summed E-state index contributed by atoms with van der Waals surface area (Å²) in [5, 5.41) is 24.5. The number of phenolic OH excluding ortho intramolecular Hbond substituents is 1. The van der Waals surface area contributed by atoms with Gasteiger partial charge in [-0.2, -0.15) is 0 Å². The zero-order chi connectivity index (χ0) is 20.4. The number of rotatable bonds is 1. The number of hydrogen-bond donors (Lipinski definition) is 3. The average Bonchev–Trinajstić information content (AvgIpc) is 3.24. The highest BCUT2D eigenvalue weighted by molar-refractivity contribution is 5.86. The molecule has 0 saturated carbocycles. The lowest BCUT2D eigenvalue weighted by atomic mass is 9.49. The molecule has 4 atom stereocenters. The first-order chi connectivity index (χ1) is 14.5. The van der Waals surface area contributed by atoms with Crippen LogP contribution in [-0.4, -0.2) is 44.3 Å². The monoisotopic (exact) mass is 402 g/mol. The Bertz CT molecular complexity index is 1230. The molecule has 154 valence electrons. The summed E-state index contributed by atoms with van der Waals surface area (Å²) in [6.45, 7) is 5.37. The highest BCUT2D eigenvalue weighted by Gasteiger charge is 2.72. The Kier molecular flexibility index (Phi) is 2.99. The number of aromatic nitrogens is 1. The van der Waals surface area contributed by atoms with Gasteiger partial charge < -0.3 is 19.9 Å². The van der Waals surface area contributed by atoms with Crippen LogP contribution in [-0.2, 0) is 18.3 Å². The van der Waals surface area contributed by atoms with Gasteiger partial charge in [-0.05, 0) is 56.5 Å². The van der Waals surface area contributed by atoms with Crippen molar-refractivity contribution in [2.75, 3.05) is 6.54 Å². The van der Waals surface area contributed by atoms with Gasteiger partial charge in [-0.25, -0.2) is 0 Å². The van der Waals surface area contributed by atoms with Crippen LogP contribution >= 0.6 is 0 Å². The van der Waals surface area contributed by atoms with Crippen LogP contribution in [0.5, 0.6) is 11.5 Å². The lowest BCUT2D eigenvalue weighted by Crippen LogP contribution is -2.75. The summed E-state index contributed by atoms with van der Waals surface area (Å²) in [5.74, 6) is 0.765. The second-order valence-corrected chi connectivity index (χ2v) is 9.88. The van der Waals surface area contributed by atoms with Crippen molar-refractivity contribution in [3.8, 4) is 11.5 Å². The maximum Gasteiger partial charge on any atom is 0.166 e. The predicted octanol–water partition coefficient (Wildman–Crippen LogP) is 3.57. The summed E-state index contributed by atoms with van der Waals surface area (Å²) >= 11 is 0. The van der Waals surface area contributed by atoms with Crippen molar-refractivity contribution >= 4 is 10.9 Å². The van der Waals surface area contributed by atoms with Gasteiger partial charge in [0.25, 0.3) is 0 Å². The van der Waals surface area contributed by atoms with Crippen molar-refractivity contribution in [2.45, 2.75) is 62.3 Å². The smallest absolute Gasteiger partial charge is 0.166 e. The number of ether oxygens (including phenoxy) is 1. The Labute approximate surface area is 175 Å². The Morgan fingerprint density at radius 1 is 1.20 bits per heavy atom. The highest BCUT2D eigenvalue weighted by Crippen LogP contribution is 2.69. The maximum atomic E-state index is 12.6. The van der Waals surface area contributed by atoms with E-state index in [1.54, 1.807) is 6.07 Å². The van der Waals surface area contributed by atoms with Crippen molar-refractivity contribution in [1.29, 1.82) is 0 Å². The van der Waals surface area contributed by atoms with Crippen molar-refractivity contribution in [2.24, 2.45) is 0 Å². The number of nitrogens with one attached hydrogen (secondary N) is 1. The molecule has 2 aromatic carbocycles. The molecule has 3 heterocycles. The number of piperidine rings is 1. The van der Waals surface area contributed by atoms with Crippen LogP contribution in [0.1, 0.15) is 48.8 Å². The number of likely N-dealkylation sites (tertiary alicyclic amines) is 1. The molecule has 5 heteroatoms. The van der Waals surface area contributed by atoms with Gasteiger partial charge in [0.1, 0.15) is 0 Å². The Balaban J connectivity index is 1.58. The van der Waals surface area contributed by atoms with Crippen molar-refractivity contribution in [3.05, 3.63) is 58.8 Å². The van der Waals surface area contributed by atoms with Crippen molar-refractivity contribution in [1.82, 2.24) is 9.88 Å². The molecule has 7 rings (SSSR count). The molecule has 0 amide bonds. The summed E-state index contributed by atoms with van der Waals surface area (Å²) < 4.78 is 6.57. The number of aromatic hydroxyl groups is 1. The Morgan fingerprint density at radius 2 is 2.03 bits per heavy atom. The summed E-state index contributed by atoms with van der Waals surface area (Å²) in [6, 6.07) is 12.5. The Hall–Kier alpha value is -2.50. The molecule has 1 fully saturated rings. The molecule has 5 nitrogen and oxygen atoms in total. The fourth-order valence-corrected chi connectivity index (χ4v) is 7.29. The average molecular weight is 402 g/mol. The van der Waals surface area contributed by atoms with E-state index in [2.05, 4.69) is 41.9 Å². The van der Waals surface area contributed by atoms with Crippen LogP contribution in [0.3, 0.4) is 0 Å². The van der Waals surface area contributed by atoms with Gasteiger partial charge in [-0.1, -0.05) is 24.3 Å². The summed E-state index contributed by atoms with van der Waals surface area (Å²) in [5.41, 5.74) is 4.12. The Morgan fingerprint density at radius 3 is 2.87 bits per heavy atom. The maximum absolute atomic E-state index is 12.6. The number of phenols is 1. The van der Waals surface area contributed by atoms with Crippen LogP contribution < -0.4 is 4.74 Å². The summed E-state index contributed by atoms with van der Waals surface area (Å²) in [6.07, 6.45) is 1.90. The first-order valence-electron chi connectivity index (χ1n) is 11.1. The third kappa shape index (κ3) is 1.68. The molecule has 2 unspecified atom stereocenters. The number of aromatic amines is 1. The molecule has 1 saturated heterocycles. The number of para-hydroxylation sites is 1. The van der Waals surface area contributed by atoms with Gasteiger partial charge in [-0.15, -0.1) is 0 Å². The quantitative estimate of drug-likeness (QED) is 0.582.